The molecule has 316 valence electrons. The normalized spacial score (nSPS) is 11.6. The van der Waals surface area contributed by atoms with E-state index in [-0.39, 0.29) is 57.2 Å². The number of anilines is 3. The van der Waals surface area contributed by atoms with Gasteiger partial charge in [-0.25, -0.2) is 38.4 Å². The van der Waals surface area contributed by atoms with Crippen molar-refractivity contribution in [1.29, 1.82) is 0 Å². The molecule has 4 aromatic carbocycles. The summed E-state index contributed by atoms with van der Waals surface area (Å²) in [6.07, 6.45) is 2.63. The molecule has 0 bridgehead atoms. The van der Waals surface area contributed by atoms with Crippen LogP contribution in [0.25, 0.3) is 42.6 Å². The molecule has 8 rings (SSSR count). The number of aryl methyl sites for hydroxylation is 2. The van der Waals surface area contributed by atoms with Crippen molar-refractivity contribution < 1.29 is 8.78 Å². The van der Waals surface area contributed by atoms with Crippen molar-refractivity contribution in [2.24, 2.45) is 5.73 Å². The Bertz CT molecular complexity index is 3230. The topological polar surface area (TPSA) is 194 Å². The zero-order chi connectivity index (χ0) is 45.5. The average Bonchev–Trinajstić information content (AvgIpc) is 3.24. The number of fused-ring (bicyclic) bond motifs is 2. The van der Waals surface area contributed by atoms with Gasteiger partial charge in [-0.15, -0.1) is 0 Å². The van der Waals surface area contributed by atoms with E-state index in [9.17, 15) is 18.4 Å². The van der Waals surface area contributed by atoms with E-state index in [4.69, 9.17) is 41.9 Å². The maximum absolute atomic E-state index is 14.0. The Balaban J connectivity index is 0.000000178. The molecule has 7 N–H and O–H groups in total. The first kappa shape index (κ1) is 44.5. The van der Waals surface area contributed by atoms with Gasteiger partial charge in [0.05, 0.1) is 41.3 Å². The molecule has 2 atom stereocenters. The van der Waals surface area contributed by atoms with Gasteiger partial charge in [0.25, 0.3) is 11.1 Å². The van der Waals surface area contributed by atoms with E-state index in [2.05, 4.69) is 34.9 Å². The minimum atomic E-state index is -0.462. The molecule has 0 aliphatic carbocycles. The van der Waals surface area contributed by atoms with Crippen LogP contribution < -0.4 is 33.6 Å². The first-order chi connectivity index (χ1) is 30.1. The SMILES string of the molecule is Cc1cccc2cc([C@H](C)N)n(-c3cccc(F)c3)c(=O)c12.[C-]#[N+]c1cnc(N)nc1Cl.[C-]#[N+]c1cnc(N)nc1N[C@@H](C)c1cc2cccc(C)c2c(=O)n1-c1cccc(F)c1. The molecule has 0 aliphatic heterocycles. The van der Waals surface area contributed by atoms with Gasteiger partial charge in [0.1, 0.15) is 22.6 Å². The Hall–Kier alpha value is -8.05. The summed E-state index contributed by atoms with van der Waals surface area (Å²) >= 11 is 5.48. The molecule has 0 radical (unpaired) electrons. The number of nitrogens with two attached hydrogens (primary N) is 3. The van der Waals surface area contributed by atoms with E-state index in [1.165, 1.54) is 45.8 Å². The second-order valence-corrected chi connectivity index (χ2v) is 14.6. The average molecular weight is 865 g/mol. The molecular weight excluding hydrogens is 826 g/mol. The predicted molar refractivity (Wildman–Crippen MR) is 244 cm³/mol. The summed E-state index contributed by atoms with van der Waals surface area (Å²) < 4.78 is 30.6. The second kappa shape index (κ2) is 19.1. The van der Waals surface area contributed by atoms with Gasteiger partial charge in [-0.1, -0.05) is 60.1 Å². The summed E-state index contributed by atoms with van der Waals surface area (Å²) in [5, 5.41) is 6.08. The summed E-state index contributed by atoms with van der Waals surface area (Å²) in [6.45, 7) is 21.3. The largest absolute Gasteiger partial charge is 0.371 e. The van der Waals surface area contributed by atoms with Gasteiger partial charge in [0.2, 0.25) is 23.3 Å². The van der Waals surface area contributed by atoms with Gasteiger partial charge in [0.15, 0.2) is 0 Å². The van der Waals surface area contributed by atoms with Crippen LogP contribution in [-0.4, -0.2) is 29.1 Å². The predicted octanol–water partition coefficient (Wildman–Crippen LogP) is 9.26. The number of rotatable bonds is 6. The van der Waals surface area contributed by atoms with E-state index in [1.54, 1.807) is 24.3 Å². The lowest BCUT2D eigenvalue weighted by Gasteiger charge is -2.22. The monoisotopic (exact) mass is 864 g/mol. The van der Waals surface area contributed by atoms with Crippen molar-refractivity contribution >= 4 is 62.2 Å². The molecule has 0 amide bonds. The van der Waals surface area contributed by atoms with Gasteiger partial charge in [-0.2, -0.15) is 0 Å². The number of hydrogen-bond donors (Lipinski definition) is 4. The van der Waals surface area contributed by atoms with Crippen LogP contribution in [0.3, 0.4) is 0 Å². The molecule has 0 fully saturated rings. The molecule has 17 heteroatoms. The summed E-state index contributed by atoms with van der Waals surface area (Å²) in [4.78, 5) is 48.1. The van der Waals surface area contributed by atoms with Crippen LogP contribution in [0.1, 0.15) is 48.4 Å². The lowest BCUT2D eigenvalue weighted by atomic mass is 10.0. The zero-order valence-electron chi connectivity index (χ0n) is 34.3. The molecule has 14 nitrogen and oxygen atoms in total. The highest BCUT2D eigenvalue weighted by atomic mass is 35.5. The number of aromatic nitrogens is 6. The van der Waals surface area contributed by atoms with Crippen molar-refractivity contribution in [3.8, 4) is 11.4 Å². The lowest BCUT2D eigenvalue weighted by Crippen LogP contribution is -2.26. The first-order valence-corrected chi connectivity index (χ1v) is 19.5. The molecule has 0 unspecified atom stereocenters. The number of pyridine rings is 2. The standard InChI is InChI=1S/C23H19FN6O.C18H17FN2O.C5H3ClN4/c1-13-6-4-7-15-10-19(14(2)28-21-18(26-3)12-27-23(25)29-21)30(22(31)20(13)15)17-9-5-8-16(24)11-17;1-11-5-3-6-13-9-16(12(2)20)21(18(22)17(11)13)15-8-4-7-14(19)10-15;1-8-3-2-9-5(7)10-4(3)6/h4-12,14H,1-2H3,(H3,25,27,28,29);3-10,12H,20H2,1-2H3;2H,(H2,7,9,10)/t14-;12-;/m00./s1. The van der Waals surface area contributed by atoms with Gasteiger partial charge < -0.3 is 22.5 Å². The van der Waals surface area contributed by atoms with Crippen molar-refractivity contribution in [1.82, 2.24) is 29.1 Å². The van der Waals surface area contributed by atoms with Crippen LogP contribution in [0.2, 0.25) is 5.15 Å². The van der Waals surface area contributed by atoms with Crippen LogP contribution in [0, 0.1) is 38.6 Å². The second-order valence-electron chi connectivity index (χ2n) is 14.2. The van der Waals surface area contributed by atoms with Crippen molar-refractivity contribution in [3.63, 3.8) is 0 Å². The van der Waals surface area contributed by atoms with Crippen LogP contribution in [-0.2, 0) is 0 Å². The molecule has 4 aromatic heterocycles. The Labute approximate surface area is 364 Å². The highest BCUT2D eigenvalue weighted by Crippen LogP contribution is 2.30. The van der Waals surface area contributed by atoms with Gasteiger partial charge in [0, 0.05) is 29.8 Å². The smallest absolute Gasteiger partial charge is 0.263 e. The Morgan fingerprint density at radius 3 is 1.62 bits per heavy atom. The van der Waals surface area contributed by atoms with Crippen LogP contribution in [0.5, 0.6) is 0 Å². The van der Waals surface area contributed by atoms with Crippen molar-refractivity contribution in [2.75, 3.05) is 16.8 Å². The third-order valence-corrected chi connectivity index (χ3v) is 10.0. The Morgan fingerprint density at radius 1 is 0.683 bits per heavy atom. The highest BCUT2D eigenvalue weighted by Gasteiger charge is 2.20. The summed E-state index contributed by atoms with van der Waals surface area (Å²) in [5.74, 6) is -0.460. The van der Waals surface area contributed by atoms with E-state index in [1.807, 2.05) is 76.2 Å². The summed E-state index contributed by atoms with van der Waals surface area (Å²) in [6, 6.07) is 26.2. The molecule has 4 heterocycles. The van der Waals surface area contributed by atoms with Crippen molar-refractivity contribution in [3.05, 3.63) is 192 Å². The van der Waals surface area contributed by atoms with Crippen LogP contribution in [0.15, 0.2) is 119 Å². The molecular formula is C46H39ClF2N12O2. The number of nitrogens with zero attached hydrogens (tertiary/aromatic N) is 8. The van der Waals surface area contributed by atoms with E-state index >= 15 is 0 Å². The van der Waals surface area contributed by atoms with Gasteiger partial charge >= 0.3 is 0 Å². The molecule has 0 saturated heterocycles. The van der Waals surface area contributed by atoms with Crippen LogP contribution >= 0.6 is 11.6 Å². The number of nitrogens with one attached hydrogen (secondary N) is 1. The maximum atomic E-state index is 14.0. The fourth-order valence-electron chi connectivity index (χ4n) is 6.83. The Morgan fingerprint density at radius 2 is 1.14 bits per heavy atom. The van der Waals surface area contributed by atoms with Crippen LogP contribution in [0.4, 0.5) is 37.9 Å². The lowest BCUT2D eigenvalue weighted by molar-refractivity contribution is 0.624. The summed E-state index contributed by atoms with van der Waals surface area (Å²) in [7, 11) is 0. The highest BCUT2D eigenvalue weighted by molar-refractivity contribution is 6.32. The van der Waals surface area contributed by atoms with Gasteiger partial charge in [-0.05, 0) is 98.1 Å². The third-order valence-electron chi connectivity index (χ3n) is 9.74. The fourth-order valence-corrected chi connectivity index (χ4v) is 7.00. The number of halogens is 3. The third kappa shape index (κ3) is 9.79. The number of nitrogen functional groups attached to an aromatic ring is 2. The first-order valence-electron chi connectivity index (χ1n) is 19.1. The molecule has 0 aliphatic rings. The van der Waals surface area contributed by atoms with Crippen molar-refractivity contribution in [2.45, 2.75) is 39.8 Å². The molecule has 0 saturated carbocycles. The summed E-state index contributed by atoms with van der Waals surface area (Å²) in [5.41, 5.74) is 20.8. The number of benzene rings is 4. The van der Waals surface area contributed by atoms with E-state index in [0.717, 1.165) is 21.9 Å². The molecule has 8 aromatic rings. The minimum absolute atomic E-state index is 0.0266. The minimum Gasteiger partial charge on any atom is -0.371 e. The number of hydrogen-bond acceptors (Lipinski definition) is 10. The van der Waals surface area contributed by atoms with E-state index < -0.39 is 11.9 Å². The maximum Gasteiger partial charge on any atom is 0.263 e. The fraction of sp³-hybridized carbons (Fsp3) is 0.130. The van der Waals surface area contributed by atoms with E-state index in [0.29, 0.717) is 33.5 Å². The van der Waals surface area contributed by atoms with Gasteiger partial charge in [-0.3, -0.25) is 18.7 Å². The zero-order valence-corrected chi connectivity index (χ0v) is 35.1. The molecule has 0 spiro atoms. The molecule has 63 heavy (non-hydrogen) atoms. The Kier molecular flexibility index (Phi) is 13.5. The quantitative estimate of drug-likeness (QED) is 0.0924.